The van der Waals surface area contributed by atoms with E-state index >= 15 is 0 Å². The molecule has 0 bridgehead atoms. The van der Waals surface area contributed by atoms with Gasteiger partial charge in [0.15, 0.2) is 5.41 Å². The van der Waals surface area contributed by atoms with Crippen LogP contribution in [0.5, 0.6) is 0 Å². The molecule has 1 fully saturated rings. The van der Waals surface area contributed by atoms with E-state index in [0.717, 1.165) is 4.90 Å². The number of alkyl halides is 3. The topological polar surface area (TPSA) is 73.9 Å². The van der Waals surface area contributed by atoms with E-state index in [1.54, 1.807) is 0 Å². The highest BCUT2D eigenvalue weighted by molar-refractivity contribution is 5.84. The van der Waals surface area contributed by atoms with Crippen LogP contribution in [0.15, 0.2) is 6.33 Å². The van der Waals surface area contributed by atoms with Crippen molar-refractivity contribution in [2.24, 2.45) is 5.41 Å². The van der Waals surface area contributed by atoms with Gasteiger partial charge < -0.3 is 10.2 Å². The Morgan fingerprint density at radius 1 is 1.58 bits per heavy atom. The molecule has 1 atom stereocenters. The molecule has 2 N–H and O–H groups in total. The Morgan fingerprint density at radius 2 is 2.32 bits per heavy atom. The Bertz CT molecular complexity index is 439. The number of halogens is 3. The molecule has 9 heteroatoms. The van der Waals surface area contributed by atoms with Crippen LogP contribution in [0.4, 0.5) is 13.2 Å². The molecular formula is C10H14F3N5O. The Labute approximate surface area is 107 Å². The highest BCUT2D eigenvalue weighted by atomic mass is 19.4. The van der Waals surface area contributed by atoms with E-state index in [1.165, 1.54) is 13.4 Å². The van der Waals surface area contributed by atoms with Gasteiger partial charge in [0, 0.05) is 13.6 Å². The molecule has 0 spiro atoms. The van der Waals surface area contributed by atoms with E-state index in [0.29, 0.717) is 5.82 Å². The molecule has 1 aliphatic heterocycles. The van der Waals surface area contributed by atoms with E-state index in [2.05, 4.69) is 20.5 Å². The van der Waals surface area contributed by atoms with Crippen molar-refractivity contribution in [2.75, 3.05) is 20.1 Å². The molecule has 0 aromatic carbocycles. The van der Waals surface area contributed by atoms with Gasteiger partial charge in [0.05, 0.1) is 6.54 Å². The third-order valence-electron chi connectivity index (χ3n) is 3.31. The van der Waals surface area contributed by atoms with E-state index in [4.69, 9.17) is 0 Å². The number of nitrogens with zero attached hydrogens (tertiary/aromatic N) is 3. The Kier molecular flexibility index (Phi) is 3.48. The maximum Gasteiger partial charge on any atom is 0.404 e. The molecular weight excluding hydrogens is 263 g/mol. The summed E-state index contributed by atoms with van der Waals surface area (Å²) in [6.07, 6.45) is -3.57. The minimum atomic E-state index is -4.57. The van der Waals surface area contributed by atoms with Gasteiger partial charge >= 0.3 is 6.18 Å². The van der Waals surface area contributed by atoms with Crippen molar-refractivity contribution in [3.8, 4) is 0 Å². The SMILES string of the molecule is CN(Cc1ncn[nH]1)C(=O)C1(C(F)(F)F)CCNC1. The van der Waals surface area contributed by atoms with Crippen molar-refractivity contribution in [3.05, 3.63) is 12.2 Å². The van der Waals surface area contributed by atoms with Gasteiger partial charge in [-0.3, -0.25) is 9.89 Å². The largest absolute Gasteiger partial charge is 0.404 e. The normalized spacial score (nSPS) is 23.6. The second-order valence-electron chi connectivity index (χ2n) is 4.60. The van der Waals surface area contributed by atoms with Crippen LogP contribution >= 0.6 is 0 Å². The number of carbonyl (C=O) groups excluding carboxylic acids is 1. The predicted molar refractivity (Wildman–Crippen MR) is 58.8 cm³/mol. The van der Waals surface area contributed by atoms with Gasteiger partial charge in [0.25, 0.3) is 0 Å². The second kappa shape index (κ2) is 4.80. The van der Waals surface area contributed by atoms with Crippen LogP contribution in [0.3, 0.4) is 0 Å². The van der Waals surface area contributed by atoms with Crippen LogP contribution in [0.1, 0.15) is 12.2 Å². The summed E-state index contributed by atoms with van der Waals surface area (Å²) in [6.45, 7) is -0.228. The van der Waals surface area contributed by atoms with E-state index < -0.39 is 17.5 Å². The summed E-state index contributed by atoms with van der Waals surface area (Å²) in [4.78, 5) is 17.0. The first kappa shape index (κ1) is 13.8. The van der Waals surface area contributed by atoms with Crippen LogP contribution in [0.2, 0.25) is 0 Å². The molecule has 1 unspecified atom stereocenters. The first-order chi connectivity index (χ1) is 8.87. The second-order valence-corrected chi connectivity index (χ2v) is 4.60. The molecule has 0 aliphatic carbocycles. The van der Waals surface area contributed by atoms with Crippen molar-refractivity contribution in [1.29, 1.82) is 0 Å². The van der Waals surface area contributed by atoms with Gasteiger partial charge in [0.1, 0.15) is 12.2 Å². The lowest BCUT2D eigenvalue weighted by Crippen LogP contribution is -2.52. The average Bonchev–Trinajstić information content (AvgIpc) is 2.97. The molecule has 1 aromatic heterocycles. The molecule has 1 aromatic rings. The summed E-state index contributed by atoms with van der Waals surface area (Å²) in [5.41, 5.74) is -2.33. The third kappa shape index (κ3) is 2.42. The zero-order chi connectivity index (χ0) is 14.1. The predicted octanol–water partition coefficient (Wildman–Crippen LogP) is 0.305. The Balaban J connectivity index is 2.16. The first-order valence-electron chi connectivity index (χ1n) is 5.74. The molecule has 19 heavy (non-hydrogen) atoms. The Hall–Kier alpha value is -1.64. The zero-order valence-electron chi connectivity index (χ0n) is 10.3. The van der Waals surface area contributed by atoms with E-state index in [-0.39, 0.29) is 26.1 Å². The molecule has 106 valence electrons. The fraction of sp³-hybridized carbons (Fsp3) is 0.700. The summed E-state index contributed by atoms with van der Waals surface area (Å²) >= 11 is 0. The summed E-state index contributed by atoms with van der Waals surface area (Å²) in [6, 6.07) is 0. The minimum absolute atomic E-state index is 0.0311. The molecule has 1 aliphatic rings. The summed E-state index contributed by atoms with van der Waals surface area (Å²) in [5.74, 6) is -0.597. The highest BCUT2D eigenvalue weighted by Crippen LogP contribution is 2.44. The minimum Gasteiger partial charge on any atom is -0.337 e. The van der Waals surface area contributed by atoms with Crippen molar-refractivity contribution < 1.29 is 18.0 Å². The molecule has 6 nitrogen and oxygen atoms in total. The van der Waals surface area contributed by atoms with Gasteiger partial charge in [-0.15, -0.1) is 0 Å². The average molecular weight is 277 g/mol. The zero-order valence-corrected chi connectivity index (χ0v) is 10.3. The van der Waals surface area contributed by atoms with Gasteiger partial charge in [-0.05, 0) is 13.0 Å². The molecule has 0 radical (unpaired) electrons. The summed E-state index contributed by atoms with van der Waals surface area (Å²) in [7, 11) is 1.33. The number of aromatic amines is 1. The van der Waals surface area contributed by atoms with Gasteiger partial charge in [0.2, 0.25) is 5.91 Å². The number of carbonyl (C=O) groups is 1. The number of amides is 1. The van der Waals surface area contributed by atoms with E-state index in [1.807, 2.05) is 0 Å². The lowest BCUT2D eigenvalue weighted by atomic mass is 9.84. The van der Waals surface area contributed by atoms with Gasteiger partial charge in [-0.25, -0.2) is 4.98 Å². The van der Waals surface area contributed by atoms with Crippen molar-refractivity contribution in [1.82, 2.24) is 25.4 Å². The van der Waals surface area contributed by atoms with Crippen LogP contribution < -0.4 is 5.32 Å². The lowest BCUT2D eigenvalue weighted by molar-refractivity contribution is -0.221. The fourth-order valence-corrected chi connectivity index (χ4v) is 2.21. The number of rotatable bonds is 3. The molecule has 1 amide bonds. The number of hydrogen-bond acceptors (Lipinski definition) is 4. The molecule has 2 rings (SSSR count). The number of H-pyrrole nitrogens is 1. The van der Waals surface area contributed by atoms with Crippen molar-refractivity contribution in [2.45, 2.75) is 19.1 Å². The summed E-state index contributed by atoms with van der Waals surface area (Å²) < 4.78 is 39.5. The van der Waals surface area contributed by atoms with Crippen LogP contribution in [0, 0.1) is 5.41 Å². The first-order valence-corrected chi connectivity index (χ1v) is 5.74. The molecule has 2 heterocycles. The fourth-order valence-electron chi connectivity index (χ4n) is 2.21. The monoisotopic (exact) mass is 277 g/mol. The molecule has 1 saturated heterocycles. The molecule has 0 saturated carbocycles. The third-order valence-corrected chi connectivity index (χ3v) is 3.31. The number of nitrogens with one attached hydrogen (secondary N) is 2. The van der Waals surface area contributed by atoms with Crippen LogP contribution in [-0.4, -0.2) is 52.3 Å². The maximum atomic E-state index is 13.2. The van der Waals surface area contributed by atoms with Crippen LogP contribution in [0.25, 0.3) is 0 Å². The highest BCUT2D eigenvalue weighted by Gasteiger charge is 2.62. The maximum absolute atomic E-state index is 13.2. The number of hydrogen-bond donors (Lipinski definition) is 2. The van der Waals surface area contributed by atoms with Crippen molar-refractivity contribution in [3.63, 3.8) is 0 Å². The number of aromatic nitrogens is 3. The van der Waals surface area contributed by atoms with Crippen molar-refractivity contribution >= 4 is 5.91 Å². The Morgan fingerprint density at radius 3 is 2.79 bits per heavy atom. The smallest absolute Gasteiger partial charge is 0.337 e. The quantitative estimate of drug-likeness (QED) is 0.833. The van der Waals surface area contributed by atoms with Gasteiger partial charge in [-0.2, -0.15) is 18.3 Å². The van der Waals surface area contributed by atoms with Gasteiger partial charge in [-0.1, -0.05) is 0 Å². The standard InChI is InChI=1S/C10H14F3N5O/c1-18(4-7-15-6-16-17-7)8(19)9(10(11,12)13)2-3-14-5-9/h6,14H,2-5H2,1H3,(H,15,16,17). The van der Waals surface area contributed by atoms with Crippen LogP contribution in [-0.2, 0) is 11.3 Å². The summed E-state index contributed by atoms with van der Waals surface area (Å²) in [5, 5.41) is 8.71. The lowest BCUT2D eigenvalue weighted by Gasteiger charge is -2.33. The van der Waals surface area contributed by atoms with E-state index in [9.17, 15) is 18.0 Å².